The largest absolute Gasteiger partial charge is 0.393 e. The first-order valence-corrected chi connectivity index (χ1v) is 6.61. The zero-order valence-corrected chi connectivity index (χ0v) is 11.5. The van der Waals surface area contributed by atoms with E-state index in [4.69, 9.17) is 4.74 Å². The number of amides is 1. The number of methoxy groups -OCH3 is 1. The highest BCUT2D eigenvalue weighted by molar-refractivity contribution is 5.94. The van der Waals surface area contributed by atoms with Crippen LogP contribution in [0, 0.1) is 5.92 Å². The van der Waals surface area contributed by atoms with Crippen LogP contribution < -0.4 is 0 Å². The van der Waals surface area contributed by atoms with Crippen molar-refractivity contribution in [1.82, 2.24) is 4.90 Å². The van der Waals surface area contributed by atoms with E-state index in [2.05, 4.69) is 0 Å². The molecule has 0 aromatic heterocycles. The van der Waals surface area contributed by atoms with E-state index in [1.807, 2.05) is 31.3 Å². The third kappa shape index (κ3) is 3.55. The smallest absolute Gasteiger partial charge is 0.253 e. The second kappa shape index (κ2) is 6.17. The zero-order valence-electron chi connectivity index (χ0n) is 11.5. The molecule has 1 fully saturated rings. The molecule has 1 saturated carbocycles. The SMILES string of the molecule is COCc1cccc(C(=O)N(C)CC2CC(O)C2)c1. The van der Waals surface area contributed by atoms with Crippen molar-refractivity contribution in [2.24, 2.45) is 5.92 Å². The first-order valence-electron chi connectivity index (χ1n) is 6.61. The molecule has 104 valence electrons. The van der Waals surface area contributed by atoms with Crippen LogP contribution in [0.1, 0.15) is 28.8 Å². The Morgan fingerprint density at radius 1 is 1.47 bits per heavy atom. The van der Waals surface area contributed by atoms with Gasteiger partial charge in [-0.3, -0.25) is 4.79 Å². The average molecular weight is 263 g/mol. The summed E-state index contributed by atoms with van der Waals surface area (Å²) < 4.78 is 5.07. The van der Waals surface area contributed by atoms with Crippen molar-refractivity contribution in [1.29, 1.82) is 0 Å². The van der Waals surface area contributed by atoms with Crippen LogP contribution in [0.3, 0.4) is 0 Å². The number of rotatable bonds is 5. The second-order valence-corrected chi connectivity index (χ2v) is 5.31. The Balaban J connectivity index is 1.96. The first-order chi connectivity index (χ1) is 9.10. The molecule has 4 nitrogen and oxygen atoms in total. The third-order valence-corrected chi connectivity index (χ3v) is 3.57. The minimum Gasteiger partial charge on any atom is -0.393 e. The maximum absolute atomic E-state index is 12.3. The van der Waals surface area contributed by atoms with Crippen LogP contribution in [-0.4, -0.2) is 42.7 Å². The molecule has 0 heterocycles. The number of hydrogen-bond donors (Lipinski definition) is 1. The van der Waals surface area contributed by atoms with Gasteiger partial charge in [0.15, 0.2) is 0 Å². The first kappa shape index (κ1) is 14.0. The summed E-state index contributed by atoms with van der Waals surface area (Å²) in [5.74, 6) is 0.463. The highest BCUT2D eigenvalue weighted by Crippen LogP contribution is 2.27. The molecular weight excluding hydrogens is 242 g/mol. The lowest BCUT2D eigenvalue weighted by molar-refractivity contribution is 0.0265. The number of aliphatic hydroxyl groups is 1. The molecule has 0 spiro atoms. The topological polar surface area (TPSA) is 49.8 Å². The van der Waals surface area contributed by atoms with E-state index in [0.29, 0.717) is 24.6 Å². The van der Waals surface area contributed by atoms with E-state index in [1.54, 1.807) is 12.0 Å². The lowest BCUT2D eigenvalue weighted by Gasteiger charge is -2.34. The predicted molar refractivity (Wildman–Crippen MR) is 72.8 cm³/mol. The number of hydrogen-bond acceptors (Lipinski definition) is 3. The van der Waals surface area contributed by atoms with Crippen molar-refractivity contribution < 1.29 is 14.6 Å². The Bertz CT molecular complexity index is 441. The van der Waals surface area contributed by atoms with Gasteiger partial charge in [0.1, 0.15) is 0 Å². The van der Waals surface area contributed by atoms with Crippen LogP contribution in [0.2, 0.25) is 0 Å². The molecule has 1 aromatic rings. The Kier molecular flexibility index (Phi) is 4.56. The summed E-state index contributed by atoms with van der Waals surface area (Å²) in [4.78, 5) is 14.0. The van der Waals surface area contributed by atoms with E-state index in [0.717, 1.165) is 18.4 Å². The van der Waals surface area contributed by atoms with Gasteiger partial charge in [0.25, 0.3) is 5.91 Å². The van der Waals surface area contributed by atoms with E-state index in [-0.39, 0.29) is 12.0 Å². The maximum atomic E-state index is 12.3. The molecule has 0 radical (unpaired) electrons. The number of ether oxygens (including phenoxy) is 1. The summed E-state index contributed by atoms with van der Waals surface area (Å²) in [6.07, 6.45) is 1.45. The van der Waals surface area contributed by atoms with Gasteiger partial charge in [0.2, 0.25) is 0 Å². The fourth-order valence-electron chi connectivity index (χ4n) is 2.50. The number of carbonyl (C=O) groups is 1. The molecule has 1 amide bonds. The lowest BCUT2D eigenvalue weighted by Crippen LogP contribution is -2.39. The molecule has 1 aliphatic carbocycles. The van der Waals surface area contributed by atoms with Crippen molar-refractivity contribution in [3.05, 3.63) is 35.4 Å². The molecule has 0 bridgehead atoms. The number of benzene rings is 1. The van der Waals surface area contributed by atoms with Crippen LogP contribution in [-0.2, 0) is 11.3 Å². The Morgan fingerprint density at radius 2 is 2.21 bits per heavy atom. The molecule has 0 unspecified atom stereocenters. The maximum Gasteiger partial charge on any atom is 0.253 e. The minimum atomic E-state index is -0.168. The number of nitrogens with zero attached hydrogens (tertiary/aromatic N) is 1. The molecular formula is C15H21NO3. The van der Waals surface area contributed by atoms with Crippen molar-refractivity contribution in [3.8, 4) is 0 Å². The Hall–Kier alpha value is -1.39. The average Bonchev–Trinajstić information content (AvgIpc) is 2.36. The molecule has 1 aliphatic rings. The summed E-state index contributed by atoms with van der Waals surface area (Å²) in [5.41, 5.74) is 1.69. The van der Waals surface area contributed by atoms with Crippen LogP contribution in [0.5, 0.6) is 0 Å². The Morgan fingerprint density at radius 3 is 2.84 bits per heavy atom. The van der Waals surface area contributed by atoms with Crippen LogP contribution in [0.15, 0.2) is 24.3 Å². The van der Waals surface area contributed by atoms with Gasteiger partial charge >= 0.3 is 0 Å². The fourth-order valence-corrected chi connectivity index (χ4v) is 2.50. The van der Waals surface area contributed by atoms with Crippen molar-refractivity contribution in [3.63, 3.8) is 0 Å². The van der Waals surface area contributed by atoms with Gasteiger partial charge < -0.3 is 14.7 Å². The number of aliphatic hydroxyl groups excluding tert-OH is 1. The van der Waals surface area contributed by atoms with E-state index in [9.17, 15) is 9.90 Å². The van der Waals surface area contributed by atoms with Crippen molar-refractivity contribution in [2.75, 3.05) is 20.7 Å². The highest BCUT2D eigenvalue weighted by Gasteiger charge is 2.29. The summed E-state index contributed by atoms with van der Waals surface area (Å²) in [5, 5.41) is 9.26. The molecule has 0 aliphatic heterocycles. The summed E-state index contributed by atoms with van der Waals surface area (Å²) >= 11 is 0. The van der Waals surface area contributed by atoms with Crippen LogP contribution >= 0.6 is 0 Å². The van der Waals surface area contributed by atoms with Gasteiger partial charge in [0, 0.05) is 26.3 Å². The van der Waals surface area contributed by atoms with E-state index in [1.165, 1.54) is 0 Å². The minimum absolute atomic E-state index is 0.0272. The number of carbonyl (C=O) groups excluding carboxylic acids is 1. The molecule has 19 heavy (non-hydrogen) atoms. The van der Waals surface area contributed by atoms with Gasteiger partial charge in [0.05, 0.1) is 12.7 Å². The quantitative estimate of drug-likeness (QED) is 0.879. The highest BCUT2D eigenvalue weighted by atomic mass is 16.5. The lowest BCUT2D eigenvalue weighted by atomic mass is 9.82. The standard InChI is InChI=1S/C15H21NO3/c1-16(9-12-7-14(17)8-12)15(18)13-5-3-4-11(6-13)10-19-2/h3-6,12,14,17H,7-10H2,1-2H3. The molecule has 2 rings (SSSR count). The Labute approximate surface area is 114 Å². The summed E-state index contributed by atoms with van der Waals surface area (Å²) in [7, 11) is 3.46. The monoisotopic (exact) mass is 263 g/mol. The molecule has 1 aromatic carbocycles. The van der Waals surface area contributed by atoms with Gasteiger partial charge in [-0.25, -0.2) is 0 Å². The van der Waals surface area contributed by atoms with Gasteiger partial charge in [-0.1, -0.05) is 12.1 Å². The van der Waals surface area contributed by atoms with Crippen LogP contribution in [0.25, 0.3) is 0 Å². The van der Waals surface area contributed by atoms with Gasteiger partial charge in [-0.05, 0) is 36.5 Å². The zero-order chi connectivity index (χ0) is 13.8. The molecule has 1 N–H and O–H groups in total. The van der Waals surface area contributed by atoms with E-state index < -0.39 is 0 Å². The van der Waals surface area contributed by atoms with E-state index >= 15 is 0 Å². The van der Waals surface area contributed by atoms with Gasteiger partial charge in [-0.15, -0.1) is 0 Å². The fraction of sp³-hybridized carbons (Fsp3) is 0.533. The summed E-state index contributed by atoms with van der Waals surface area (Å²) in [6.45, 7) is 1.23. The van der Waals surface area contributed by atoms with Gasteiger partial charge in [-0.2, -0.15) is 0 Å². The normalized spacial score (nSPS) is 21.8. The third-order valence-electron chi connectivity index (χ3n) is 3.57. The molecule has 0 atom stereocenters. The second-order valence-electron chi connectivity index (χ2n) is 5.31. The summed E-state index contributed by atoms with van der Waals surface area (Å²) in [6, 6.07) is 7.52. The van der Waals surface area contributed by atoms with Crippen molar-refractivity contribution in [2.45, 2.75) is 25.6 Å². The van der Waals surface area contributed by atoms with Crippen LogP contribution in [0.4, 0.5) is 0 Å². The molecule has 0 saturated heterocycles. The molecule has 4 heteroatoms. The predicted octanol–water partition coefficient (Wildman–Crippen LogP) is 1.68. The van der Waals surface area contributed by atoms with Crippen molar-refractivity contribution >= 4 is 5.91 Å².